The molecule has 0 fully saturated rings. The molecule has 0 bridgehead atoms. The largest absolute Gasteiger partial charge is 0.394 e. The van der Waals surface area contributed by atoms with Gasteiger partial charge in [0.1, 0.15) is 0 Å². The number of hydrogen-bond donors (Lipinski definition) is 2. The molecule has 0 aliphatic rings. The summed E-state index contributed by atoms with van der Waals surface area (Å²) in [5, 5.41) is 12.1. The highest BCUT2D eigenvalue weighted by Gasteiger charge is 2.17. The molecule has 0 spiro atoms. The van der Waals surface area contributed by atoms with Gasteiger partial charge in [-0.2, -0.15) is 0 Å². The monoisotopic (exact) mass is 267 g/mol. The van der Waals surface area contributed by atoms with Crippen molar-refractivity contribution in [2.24, 2.45) is 5.92 Å². The van der Waals surface area contributed by atoms with Gasteiger partial charge in [-0.05, 0) is 36.8 Å². The zero-order valence-electron chi connectivity index (χ0n) is 11.4. The first-order chi connectivity index (χ1) is 8.49. The molecule has 0 saturated heterocycles. The van der Waals surface area contributed by atoms with Crippen molar-refractivity contribution in [1.82, 2.24) is 5.32 Å². The summed E-state index contributed by atoms with van der Waals surface area (Å²) in [5.74, 6) is 0.0964. The lowest BCUT2D eigenvalue weighted by molar-refractivity contribution is 0.0896. The second-order valence-electron chi connectivity index (χ2n) is 4.69. The molecule has 3 nitrogen and oxygen atoms in total. The number of aryl methyl sites for hydroxylation is 1. The van der Waals surface area contributed by atoms with Crippen LogP contribution in [0.25, 0.3) is 0 Å². The van der Waals surface area contributed by atoms with Gasteiger partial charge in [-0.3, -0.25) is 4.79 Å². The van der Waals surface area contributed by atoms with E-state index in [0.717, 1.165) is 10.5 Å². The van der Waals surface area contributed by atoms with Gasteiger partial charge in [-0.15, -0.1) is 11.8 Å². The van der Waals surface area contributed by atoms with E-state index in [4.69, 9.17) is 0 Å². The van der Waals surface area contributed by atoms with Crippen LogP contribution in [0.4, 0.5) is 0 Å². The molecule has 0 saturated carbocycles. The Labute approximate surface area is 113 Å². The minimum Gasteiger partial charge on any atom is -0.394 e. The lowest BCUT2D eigenvalue weighted by Crippen LogP contribution is -2.41. The number of amides is 1. The molecule has 2 N–H and O–H groups in total. The Morgan fingerprint density at radius 1 is 1.44 bits per heavy atom. The van der Waals surface area contributed by atoms with Crippen LogP contribution in [0.15, 0.2) is 23.1 Å². The number of carbonyl (C=O) groups is 1. The maximum Gasteiger partial charge on any atom is 0.251 e. The number of rotatable bonds is 5. The molecule has 0 heterocycles. The minimum atomic E-state index is -0.199. The molecular formula is C14H21NO2S. The topological polar surface area (TPSA) is 49.3 Å². The summed E-state index contributed by atoms with van der Waals surface area (Å²) in [5.41, 5.74) is 1.63. The number of aliphatic hydroxyl groups excluding tert-OH is 1. The molecule has 0 radical (unpaired) electrons. The van der Waals surface area contributed by atoms with Crippen LogP contribution in [0.3, 0.4) is 0 Å². The quantitative estimate of drug-likeness (QED) is 0.806. The number of aliphatic hydroxyl groups is 1. The zero-order valence-corrected chi connectivity index (χ0v) is 12.2. The minimum absolute atomic E-state index is 0.0370. The average Bonchev–Trinajstić information content (AvgIpc) is 2.35. The van der Waals surface area contributed by atoms with Crippen molar-refractivity contribution in [3.63, 3.8) is 0 Å². The summed E-state index contributed by atoms with van der Waals surface area (Å²) < 4.78 is 0. The molecule has 18 heavy (non-hydrogen) atoms. The Hall–Kier alpha value is -1.00. The van der Waals surface area contributed by atoms with Gasteiger partial charge in [0, 0.05) is 10.5 Å². The number of nitrogens with one attached hydrogen (secondary N) is 1. The first kappa shape index (κ1) is 15.1. The third-order valence-corrected chi connectivity index (χ3v) is 3.73. The fraction of sp³-hybridized carbons (Fsp3) is 0.500. The molecule has 1 unspecified atom stereocenters. The summed E-state index contributed by atoms with van der Waals surface area (Å²) in [4.78, 5) is 13.2. The van der Waals surface area contributed by atoms with Gasteiger partial charge in [-0.1, -0.05) is 19.9 Å². The molecule has 1 rings (SSSR count). The van der Waals surface area contributed by atoms with Crippen molar-refractivity contribution in [3.05, 3.63) is 29.3 Å². The summed E-state index contributed by atoms with van der Waals surface area (Å²) in [6.45, 7) is 5.84. The van der Waals surface area contributed by atoms with Crippen LogP contribution in [0.5, 0.6) is 0 Å². The molecule has 0 aromatic heterocycles. The second-order valence-corrected chi connectivity index (χ2v) is 5.57. The van der Waals surface area contributed by atoms with Crippen molar-refractivity contribution in [1.29, 1.82) is 0 Å². The Bertz CT molecular complexity index is 418. The maximum atomic E-state index is 12.2. The van der Waals surface area contributed by atoms with Crippen LogP contribution >= 0.6 is 11.8 Å². The van der Waals surface area contributed by atoms with E-state index in [1.54, 1.807) is 11.8 Å². The average molecular weight is 267 g/mol. The number of carbonyl (C=O) groups excluding carboxylic acids is 1. The molecule has 0 aliphatic carbocycles. The summed E-state index contributed by atoms with van der Waals surface area (Å²) in [6, 6.07) is 5.64. The van der Waals surface area contributed by atoms with Crippen molar-refractivity contribution >= 4 is 17.7 Å². The normalized spacial score (nSPS) is 12.6. The van der Waals surface area contributed by atoms with Gasteiger partial charge in [0.05, 0.1) is 12.6 Å². The van der Waals surface area contributed by atoms with E-state index in [-0.39, 0.29) is 24.5 Å². The number of hydrogen-bond acceptors (Lipinski definition) is 3. The van der Waals surface area contributed by atoms with Crippen LogP contribution < -0.4 is 5.32 Å². The highest BCUT2D eigenvalue weighted by molar-refractivity contribution is 7.98. The van der Waals surface area contributed by atoms with Crippen LogP contribution in [0.1, 0.15) is 29.8 Å². The van der Waals surface area contributed by atoms with E-state index < -0.39 is 0 Å². The van der Waals surface area contributed by atoms with Gasteiger partial charge in [0.15, 0.2) is 0 Å². The first-order valence-corrected chi connectivity index (χ1v) is 7.28. The smallest absolute Gasteiger partial charge is 0.251 e. The van der Waals surface area contributed by atoms with Crippen LogP contribution in [-0.2, 0) is 0 Å². The lowest BCUT2D eigenvalue weighted by Gasteiger charge is -2.20. The number of benzene rings is 1. The van der Waals surface area contributed by atoms with Gasteiger partial charge in [0.2, 0.25) is 0 Å². The van der Waals surface area contributed by atoms with Gasteiger partial charge >= 0.3 is 0 Å². The lowest BCUT2D eigenvalue weighted by atomic mass is 10.0. The van der Waals surface area contributed by atoms with Crippen molar-refractivity contribution < 1.29 is 9.90 Å². The molecular weight excluding hydrogens is 246 g/mol. The molecule has 1 aromatic rings. The van der Waals surface area contributed by atoms with Gasteiger partial charge in [0.25, 0.3) is 5.91 Å². The van der Waals surface area contributed by atoms with E-state index in [1.165, 1.54) is 0 Å². The maximum absolute atomic E-state index is 12.2. The highest BCUT2D eigenvalue weighted by Crippen LogP contribution is 2.19. The summed E-state index contributed by atoms with van der Waals surface area (Å²) >= 11 is 1.61. The third-order valence-electron chi connectivity index (χ3n) is 3.01. The third kappa shape index (κ3) is 3.75. The van der Waals surface area contributed by atoms with Crippen molar-refractivity contribution in [2.45, 2.75) is 31.7 Å². The Morgan fingerprint density at radius 3 is 2.61 bits per heavy atom. The summed E-state index contributed by atoms with van der Waals surface area (Å²) in [7, 11) is 0. The predicted molar refractivity (Wildman–Crippen MR) is 76.1 cm³/mol. The van der Waals surface area contributed by atoms with E-state index in [2.05, 4.69) is 5.32 Å². The molecule has 1 amide bonds. The van der Waals surface area contributed by atoms with Crippen LogP contribution in [0, 0.1) is 12.8 Å². The molecule has 4 heteroatoms. The molecule has 0 aliphatic heterocycles. The second kappa shape index (κ2) is 6.81. The number of thioether (sulfide) groups is 1. The summed E-state index contributed by atoms with van der Waals surface area (Å²) in [6.07, 6.45) is 1.98. The van der Waals surface area contributed by atoms with E-state index in [1.807, 2.05) is 45.2 Å². The van der Waals surface area contributed by atoms with Gasteiger partial charge in [-0.25, -0.2) is 0 Å². The highest BCUT2D eigenvalue weighted by atomic mass is 32.2. The van der Waals surface area contributed by atoms with Gasteiger partial charge < -0.3 is 10.4 Å². The van der Waals surface area contributed by atoms with Crippen LogP contribution in [0.2, 0.25) is 0 Å². The van der Waals surface area contributed by atoms with E-state index in [0.29, 0.717) is 5.56 Å². The predicted octanol–water partition coefficient (Wildman–Crippen LogP) is 2.46. The molecule has 1 aromatic carbocycles. The zero-order chi connectivity index (χ0) is 13.7. The van der Waals surface area contributed by atoms with Crippen molar-refractivity contribution in [2.75, 3.05) is 12.9 Å². The Kier molecular flexibility index (Phi) is 5.69. The standard InChI is InChI=1S/C14H21NO2S/c1-9(2)13(8-16)15-14(17)12-7-11(18-4)6-5-10(12)3/h5-7,9,13,16H,8H2,1-4H3,(H,15,17). The Morgan fingerprint density at radius 2 is 2.11 bits per heavy atom. The fourth-order valence-corrected chi connectivity index (χ4v) is 2.08. The van der Waals surface area contributed by atoms with Crippen molar-refractivity contribution in [3.8, 4) is 0 Å². The first-order valence-electron chi connectivity index (χ1n) is 6.06. The fourth-order valence-electron chi connectivity index (χ4n) is 1.64. The molecule has 100 valence electrons. The van der Waals surface area contributed by atoms with E-state index >= 15 is 0 Å². The SMILES string of the molecule is CSc1ccc(C)c(C(=O)NC(CO)C(C)C)c1. The Balaban J connectivity index is 2.89. The van der Waals surface area contributed by atoms with E-state index in [9.17, 15) is 9.90 Å². The molecule has 1 atom stereocenters. The van der Waals surface area contributed by atoms with Crippen LogP contribution in [-0.4, -0.2) is 29.9 Å².